The van der Waals surface area contributed by atoms with E-state index in [1.807, 2.05) is 13.2 Å². The van der Waals surface area contributed by atoms with E-state index in [-0.39, 0.29) is 29.0 Å². The molecule has 0 fully saturated rings. The Bertz CT molecular complexity index is 2080. The molecule has 1 aliphatic rings. The number of nitrogens with zero attached hydrogens (tertiary/aromatic N) is 7. The molecular weight excluding hydrogens is 701 g/mol. The summed E-state index contributed by atoms with van der Waals surface area (Å²) >= 11 is 2.34. The molecule has 9 nitrogen and oxygen atoms in total. The molecule has 1 unspecified atom stereocenters. The van der Waals surface area contributed by atoms with Crippen molar-refractivity contribution in [1.29, 1.82) is 0 Å². The van der Waals surface area contributed by atoms with Crippen molar-refractivity contribution in [3.05, 3.63) is 98.9 Å². The van der Waals surface area contributed by atoms with Crippen LogP contribution in [0.25, 0.3) is 22.4 Å². The predicted octanol–water partition coefficient (Wildman–Crippen LogP) is 7.83. The van der Waals surface area contributed by atoms with Gasteiger partial charge >= 0.3 is 0 Å². The Labute approximate surface area is 278 Å². The van der Waals surface area contributed by atoms with Gasteiger partial charge in [0.1, 0.15) is 11.4 Å². The minimum Gasteiger partial charge on any atom is -0.454 e. The highest BCUT2D eigenvalue weighted by Gasteiger charge is 2.35. The Balaban J connectivity index is 1.39. The number of aromatic amines is 1. The summed E-state index contributed by atoms with van der Waals surface area (Å²) in [6.07, 6.45) is 8.64. The van der Waals surface area contributed by atoms with Gasteiger partial charge in [-0.15, -0.1) is 5.10 Å². The second kappa shape index (κ2) is 11.6. The molecule has 0 spiro atoms. The zero-order chi connectivity index (χ0) is 32.2. The second-order valence-electron chi connectivity index (χ2n) is 12.8. The summed E-state index contributed by atoms with van der Waals surface area (Å²) in [5, 5.41) is 14.3. The summed E-state index contributed by atoms with van der Waals surface area (Å²) < 4.78 is 41.7. The van der Waals surface area contributed by atoms with Crippen molar-refractivity contribution in [3.8, 4) is 23.0 Å². The van der Waals surface area contributed by atoms with Crippen molar-refractivity contribution in [2.24, 2.45) is 7.05 Å². The van der Waals surface area contributed by atoms with Gasteiger partial charge in [0, 0.05) is 51.6 Å². The fourth-order valence-electron chi connectivity index (χ4n) is 6.32. The Hall–Kier alpha value is -4.20. The van der Waals surface area contributed by atoms with Crippen molar-refractivity contribution >= 4 is 33.5 Å². The molecule has 4 aromatic heterocycles. The molecule has 12 heteroatoms. The van der Waals surface area contributed by atoms with Gasteiger partial charge in [-0.1, -0.05) is 44.0 Å². The third kappa shape index (κ3) is 5.35. The molecule has 46 heavy (non-hydrogen) atoms. The van der Waals surface area contributed by atoms with Crippen LogP contribution in [-0.2, 0) is 24.4 Å². The van der Waals surface area contributed by atoms with E-state index in [1.165, 1.54) is 0 Å². The lowest BCUT2D eigenvalue weighted by atomic mass is 9.76. The molecule has 0 aliphatic carbocycles. The van der Waals surface area contributed by atoms with Crippen LogP contribution in [-0.4, -0.2) is 39.7 Å². The molecule has 6 aromatic rings. The van der Waals surface area contributed by atoms with Gasteiger partial charge in [0.05, 0.1) is 23.2 Å². The number of aromatic nitrogens is 8. The Kier molecular flexibility index (Phi) is 7.65. The van der Waals surface area contributed by atoms with Gasteiger partial charge in [0.2, 0.25) is 5.82 Å². The first-order chi connectivity index (χ1) is 22.0. The quantitative estimate of drug-likeness (QED) is 0.173. The molecule has 2 aromatic carbocycles. The SMILES string of the molecule is Cn1nc2nc1-c1cc(ccn1)Oc1c(F)c(F)c3[nH]ccc3c1Cn1cc(nn1)C(C)(C)CCCCC2(C)c1cccc(I)c1. The zero-order valence-corrected chi connectivity index (χ0v) is 28.1. The number of hydrogen-bond donors (Lipinski definition) is 1. The smallest absolute Gasteiger partial charge is 0.203 e. The first-order valence-electron chi connectivity index (χ1n) is 15.2. The number of ether oxygens (including phenoxy) is 1. The lowest BCUT2D eigenvalue weighted by Gasteiger charge is -2.28. The largest absolute Gasteiger partial charge is 0.454 e. The summed E-state index contributed by atoms with van der Waals surface area (Å²) in [6.45, 7) is 6.64. The van der Waals surface area contributed by atoms with Crippen molar-refractivity contribution < 1.29 is 13.5 Å². The molecule has 0 radical (unpaired) electrons. The van der Waals surface area contributed by atoms with Gasteiger partial charge in [-0.25, -0.2) is 18.7 Å². The highest BCUT2D eigenvalue weighted by Crippen LogP contribution is 2.40. The normalized spacial score (nSPS) is 18.3. The topological polar surface area (TPSA) is 99.3 Å². The second-order valence-corrected chi connectivity index (χ2v) is 14.0. The number of hydrogen-bond acceptors (Lipinski definition) is 6. The van der Waals surface area contributed by atoms with Gasteiger partial charge in [-0.3, -0.25) is 4.98 Å². The molecule has 236 valence electrons. The van der Waals surface area contributed by atoms with Crippen LogP contribution in [0.5, 0.6) is 11.5 Å². The standard InChI is InChI=1S/C34H33F2IN8O/c1-33(2)12-5-6-13-34(3,20-8-7-9-21(37)16-20)32-40-31(44(4)42-32)25-17-22(10-14-38-25)46-30-24(18-45-19-26(33)41-43-45)23-11-15-39-29(23)27(35)28(30)36/h7-11,14-17,19,39H,5-6,12-13,18H2,1-4H3. The summed E-state index contributed by atoms with van der Waals surface area (Å²) in [7, 11) is 1.84. The van der Waals surface area contributed by atoms with Crippen LogP contribution in [0.4, 0.5) is 8.78 Å². The van der Waals surface area contributed by atoms with E-state index in [9.17, 15) is 0 Å². The monoisotopic (exact) mass is 734 g/mol. The van der Waals surface area contributed by atoms with E-state index in [1.54, 1.807) is 40.0 Å². The Morgan fingerprint density at radius 1 is 1.02 bits per heavy atom. The van der Waals surface area contributed by atoms with Crippen molar-refractivity contribution in [1.82, 2.24) is 39.7 Å². The number of fused-ring (bicyclic) bond motifs is 10. The number of H-pyrrole nitrogens is 1. The number of pyridine rings is 1. The summed E-state index contributed by atoms with van der Waals surface area (Å²) in [5.74, 6) is -0.819. The van der Waals surface area contributed by atoms with Crippen LogP contribution in [0, 0.1) is 15.2 Å². The average molecular weight is 735 g/mol. The number of benzene rings is 2. The summed E-state index contributed by atoms with van der Waals surface area (Å²) in [4.78, 5) is 12.4. The number of halogens is 3. The van der Waals surface area contributed by atoms with E-state index in [0.29, 0.717) is 28.3 Å². The van der Waals surface area contributed by atoms with E-state index in [0.717, 1.165) is 40.5 Å². The predicted molar refractivity (Wildman–Crippen MR) is 179 cm³/mol. The minimum atomic E-state index is -1.09. The number of nitrogens with one attached hydrogen (secondary N) is 1. The minimum absolute atomic E-state index is 0.0668. The van der Waals surface area contributed by atoms with Crippen molar-refractivity contribution in [3.63, 3.8) is 0 Å². The van der Waals surface area contributed by atoms with Crippen LogP contribution in [0.2, 0.25) is 0 Å². The number of aryl methyl sites for hydroxylation is 1. The van der Waals surface area contributed by atoms with E-state index in [2.05, 4.69) is 87.9 Å². The highest BCUT2D eigenvalue weighted by atomic mass is 127. The third-order valence-electron chi connectivity index (χ3n) is 9.14. The molecule has 1 aliphatic heterocycles. The lowest BCUT2D eigenvalue weighted by Crippen LogP contribution is -2.26. The maximum Gasteiger partial charge on any atom is 0.203 e. The van der Waals surface area contributed by atoms with E-state index < -0.39 is 17.0 Å². The molecule has 0 saturated carbocycles. The third-order valence-corrected chi connectivity index (χ3v) is 9.81. The van der Waals surface area contributed by atoms with Crippen molar-refractivity contribution in [2.75, 3.05) is 0 Å². The van der Waals surface area contributed by atoms with Gasteiger partial charge in [0.15, 0.2) is 23.2 Å². The van der Waals surface area contributed by atoms with Crippen LogP contribution >= 0.6 is 22.6 Å². The first kappa shape index (κ1) is 30.5. The van der Waals surface area contributed by atoms with Crippen LogP contribution < -0.4 is 4.74 Å². The Morgan fingerprint density at radius 2 is 1.85 bits per heavy atom. The molecule has 7 rings (SSSR count). The fraction of sp³-hybridized carbons (Fsp3) is 0.324. The van der Waals surface area contributed by atoms with Gasteiger partial charge < -0.3 is 9.72 Å². The average Bonchev–Trinajstić information content (AvgIpc) is 3.80. The molecule has 0 saturated heterocycles. The molecular formula is C34H33F2IN8O. The summed E-state index contributed by atoms with van der Waals surface area (Å²) in [5.41, 5.74) is 2.23. The lowest BCUT2D eigenvalue weighted by molar-refractivity contribution is 0.401. The van der Waals surface area contributed by atoms with E-state index >= 15 is 8.78 Å². The maximum atomic E-state index is 15.8. The molecule has 1 N–H and O–H groups in total. The zero-order valence-electron chi connectivity index (χ0n) is 26.0. The van der Waals surface area contributed by atoms with Gasteiger partial charge in [0.25, 0.3) is 0 Å². The number of rotatable bonds is 1. The van der Waals surface area contributed by atoms with E-state index in [4.69, 9.17) is 14.8 Å². The van der Waals surface area contributed by atoms with Gasteiger partial charge in [-0.05, 0) is 72.2 Å². The molecule has 6 bridgehead atoms. The maximum absolute atomic E-state index is 15.8. The Morgan fingerprint density at radius 3 is 2.67 bits per heavy atom. The fourth-order valence-corrected chi connectivity index (χ4v) is 6.87. The van der Waals surface area contributed by atoms with Crippen LogP contribution in [0.1, 0.15) is 69.1 Å². The van der Waals surface area contributed by atoms with Crippen molar-refractivity contribution in [2.45, 2.75) is 63.8 Å². The molecule has 0 amide bonds. The molecule has 1 atom stereocenters. The molecule has 5 heterocycles. The van der Waals surface area contributed by atoms with Crippen LogP contribution in [0.15, 0.2) is 61.1 Å². The highest BCUT2D eigenvalue weighted by molar-refractivity contribution is 14.1. The first-order valence-corrected chi connectivity index (χ1v) is 16.3. The van der Waals surface area contributed by atoms with Crippen LogP contribution in [0.3, 0.4) is 0 Å². The van der Waals surface area contributed by atoms with Gasteiger partial charge in [-0.2, -0.15) is 9.49 Å². The summed E-state index contributed by atoms with van der Waals surface area (Å²) in [6, 6.07) is 13.5.